The summed E-state index contributed by atoms with van der Waals surface area (Å²) in [5.41, 5.74) is 1.35. The number of carbonyl (C=O) groups excluding carboxylic acids is 1. The van der Waals surface area contributed by atoms with E-state index in [-0.39, 0.29) is 5.91 Å². The Morgan fingerprint density at radius 1 is 0.958 bits per heavy atom. The number of nitrogens with one attached hydrogen (secondary N) is 1. The SMILES string of the molecule is O=C(Nc1ccccc1)c1ccccc1OCCN1CCCCC1. The molecule has 0 bridgehead atoms. The summed E-state index contributed by atoms with van der Waals surface area (Å²) in [5, 5.41) is 2.91. The van der Waals surface area contributed by atoms with Crippen molar-refractivity contribution in [3.8, 4) is 5.75 Å². The van der Waals surface area contributed by atoms with Crippen molar-refractivity contribution in [1.29, 1.82) is 0 Å². The Kier molecular flexibility index (Phi) is 5.85. The molecule has 0 spiro atoms. The van der Waals surface area contributed by atoms with Crippen molar-refractivity contribution in [2.75, 3.05) is 31.6 Å². The van der Waals surface area contributed by atoms with Crippen LogP contribution in [-0.2, 0) is 0 Å². The summed E-state index contributed by atoms with van der Waals surface area (Å²) in [6.07, 6.45) is 3.88. The molecule has 2 aromatic carbocycles. The van der Waals surface area contributed by atoms with Gasteiger partial charge in [0.1, 0.15) is 12.4 Å². The maximum Gasteiger partial charge on any atom is 0.259 e. The monoisotopic (exact) mass is 324 g/mol. The van der Waals surface area contributed by atoms with Gasteiger partial charge in [0, 0.05) is 12.2 Å². The number of piperidine rings is 1. The zero-order valence-electron chi connectivity index (χ0n) is 13.9. The van der Waals surface area contributed by atoms with Gasteiger partial charge in [-0.3, -0.25) is 9.69 Å². The van der Waals surface area contributed by atoms with Crippen molar-refractivity contribution < 1.29 is 9.53 Å². The van der Waals surface area contributed by atoms with E-state index in [0.717, 1.165) is 25.3 Å². The van der Waals surface area contributed by atoms with Gasteiger partial charge in [-0.25, -0.2) is 0 Å². The number of rotatable bonds is 6. The molecule has 4 heteroatoms. The number of para-hydroxylation sites is 2. The Labute approximate surface area is 143 Å². The van der Waals surface area contributed by atoms with E-state index in [4.69, 9.17) is 4.74 Å². The van der Waals surface area contributed by atoms with Crippen molar-refractivity contribution in [1.82, 2.24) is 4.90 Å². The van der Waals surface area contributed by atoms with Gasteiger partial charge in [-0.15, -0.1) is 0 Å². The highest BCUT2D eigenvalue weighted by atomic mass is 16.5. The van der Waals surface area contributed by atoms with E-state index in [9.17, 15) is 4.79 Å². The number of hydrogen-bond donors (Lipinski definition) is 1. The number of benzene rings is 2. The van der Waals surface area contributed by atoms with Crippen LogP contribution in [0.3, 0.4) is 0 Å². The molecule has 1 fully saturated rings. The van der Waals surface area contributed by atoms with Crippen LogP contribution < -0.4 is 10.1 Å². The second kappa shape index (κ2) is 8.50. The number of anilines is 1. The lowest BCUT2D eigenvalue weighted by molar-refractivity contribution is 0.102. The van der Waals surface area contributed by atoms with Gasteiger partial charge in [-0.05, 0) is 50.2 Å². The molecule has 0 aliphatic carbocycles. The van der Waals surface area contributed by atoms with Crippen LogP contribution >= 0.6 is 0 Å². The quantitative estimate of drug-likeness (QED) is 0.878. The van der Waals surface area contributed by atoms with Crippen molar-refractivity contribution in [2.45, 2.75) is 19.3 Å². The molecule has 1 aliphatic rings. The molecule has 4 nitrogen and oxygen atoms in total. The van der Waals surface area contributed by atoms with Gasteiger partial charge in [0.15, 0.2) is 0 Å². The maximum atomic E-state index is 12.5. The summed E-state index contributed by atoms with van der Waals surface area (Å²) in [4.78, 5) is 14.9. The van der Waals surface area contributed by atoms with Crippen LogP contribution in [0.1, 0.15) is 29.6 Å². The van der Waals surface area contributed by atoms with Crippen molar-refractivity contribution in [3.63, 3.8) is 0 Å². The summed E-state index contributed by atoms with van der Waals surface area (Å²) in [6, 6.07) is 16.9. The number of ether oxygens (including phenoxy) is 1. The Morgan fingerprint density at radius 3 is 2.46 bits per heavy atom. The number of carbonyl (C=O) groups is 1. The third-order valence-corrected chi connectivity index (χ3v) is 4.28. The number of likely N-dealkylation sites (tertiary alicyclic amines) is 1. The molecule has 0 unspecified atom stereocenters. The molecule has 1 amide bonds. The van der Waals surface area contributed by atoms with Crippen LogP contribution in [0.5, 0.6) is 5.75 Å². The highest BCUT2D eigenvalue weighted by Crippen LogP contribution is 2.20. The van der Waals surface area contributed by atoms with Crippen LogP contribution in [0.2, 0.25) is 0 Å². The molecule has 0 saturated carbocycles. The molecule has 0 radical (unpaired) electrons. The Morgan fingerprint density at radius 2 is 1.67 bits per heavy atom. The lowest BCUT2D eigenvalue weighted by atomic mass is 10.1. The smallest absolute Gasteiger partial charge is 0.259 e. The van der Waals surface area contributed by atoms with E-state index < -0.39 is 0 Å². The minimum absolute atomic E-state index is 0.144. The maximum absolute atomic E-state index is 12.5. The molecule has 1 heterocycles. The van der Waals surface area contributed by atoms with Gasteiger partial charge in [0.2, 0.25) is 0 Å². The van der Waals surface area contributed by atoms with E-state index >= 15 is 0 Å². The van der Waals surface area contributed by atoms with Crippen LogP contribution in [0.15, 0.2) is 54.6 Å². The molecule has 0 atom stereocenters. The molecule has 1 N–H and O–H groups in total. The fourth-order valence-corrected chi connectivity index (χ4v) is 2.97. The van der Waals surface area contributed by atoms with E-state index in [1.165, 1.54) is 19.3 Å². The number of nitrogens with zero attached hydrogens (tertiary/aromatic N) is 1. The molecular weight excluding hydrogens is 300 g/mol. The van der Waals surface area contributed by atoms with Gasteiger partial charge < -0.3 is 10.1 Å². The second-order valence-electron chi connectivity index (χ2n) is 6.07. The van der Waals surface area contributed by atoms with Crippen LogP contribution in [-0.4, -0.2) is 37.0 Å². The van der Waals surface area contributed by atoms with Crippen LogP contribution in [0, 0.1) is 0 Å². The molecule has 1 aliphatic heterocycles. The minimum Gasteiger partial charge on any atom is -0.491 e. The topological polar surface area (TPSA) is 41.6 Å². The van der Waals surface area contributed by atoms with Gasteiger partial charge in [0.05, 0.1) is 5.56 Å². The zero-order valence-corrected chi connectivity index (χ0v) is 13.9. The van der Waals surface area contributed by atoms with E-state index in [1.807, 2.05) is 48.5 Å². The van der Waals surface area contributed by atoms with E-state index in [1.54, 1.807) is 6.07 Å². The van der Waals surface area contributed by atoms with Crippen LogP contribution in [0.25, 0.3) is 0 Å². The lowest BCUT2D eigenvalue weighted by Gasteiger charge is -2.26. The third-order valence-electron chi connectivity index (χ3n) is 4.28. The van der Waals surface area contributed by atoms with Crippen molar-refractivity contribution in [3.05, 3.63) is 60.2 Å². The molecule has 24 heavy (non-hydrogen) atoms. The largest absolute Gasteiger partial charge is 0.491 e. The van der Waals surface area contributed by atoms with E-state index in [2.05, 4.69) is 10.2 Å². The zero-order chi connectivity index (χ0) is 16.6. The van der Waals surface area contributed by atoms with Gasteiger partial charge in [-0.1, -0.05) is 36.8 Å². The molecule has 0 aromatic heterocycles. The number of hydrogen-bond acceptors (Lipinski definition) is 3. The predicted octanol–water partition coefficient (Wildman–Crippen LogP) is 3.80. The minimum atomic E-state index is -0.144. The normalized spacial score (nSPS) is 15.0. The van der Waals surface area contributed by atoms with Crippen molar-refractivity contribution in [2.24, 2.45) is 0 Å². The first-order valence-electron chi connectivity index (χ1n) is 8.63. The first kappa shape index (κ1) is 16.5. The van der Waals surface area contributed by atoms with Gasteiger partial charge >= 0.3 is 0 Å². The average molecular weight is 324 g/mol. The molecule has 126 valence electrons. The third kappa shape index (κ3) is 4.59. The Balaban J connectivity index is 1.58. The molecular formula is C20H24N2O2. The average Bonchev–Trinajstić information content (AvgIpc) is 2.64. The first-order chi connectivity index (χ1) is 11.8. The molecule has 2 aromatic rings. The summed E-state index contributed by atoms with van der Waals surface area (Å²) in [7, 11) is 0. The van der Waals surface area contributed by atoms with Gasteiger partial charge in [0.25, 0.3) is 5.91 Å². The predicted molar refractivity (Wildman–Crippen MR) is 96.6 cm³/mol. The Bertz CT molecular complexity index is 652. The summed E-state index contributed by atoms with van der Waals surface area (Å²) >= 11 is 0. The fourth-order valence-electron chi connectivity index (χ4n) is 2.97. The second-order valence-corrected chi connectivity index (χ2v) is 6.07. The van der Waals surface area contributed by atoms with Gasteiger partial charge in [-0.2, -0.15) is 0 Å². The fraction of sp³-hybridized carbons (Fsp3) is 0.350. The van der Waals surface area contributed by atoms with Crippen molar-refractivity contribution >= 4 is 11.6 Å². The Hall–Kier alpha value is -2.33. The highest BCUT2D eigenvalue weighted by molar-refractivity contribution is 6.06. The first-order valence-corrected chi connectivity index (χ1v) is 8.63. The standard InChI is InChI=1S/C20H24N2O2/c23-20(21-17-9-3-1-4-10-17)18-11-5-6-12-19(18)24-16-15-22-13-7-2-8-14-22/h1,3-6,9-12H,2,7-8,13-16H2,(H,21,23). The number of amides is 1. The summed E-state index contributed by atoms with van der Waals surface area (Å²) in [5.74, 6) is 0.498. The summed E-state index contributed by atoms with van der Waals surface area (Å²) in [6.45, 7) is 3.82. The highest BCUT2D eigenvalue weighted by Gasteiger charge is 2.14. The van der Waals surface area contributed by atoms with E-state index in [0.29, 0.717) is 17.9 Å². The summed E-state index contributed by atoms with van der Waals surface area (Å²) < 4.78 is 5.90. The lowest BCUT2D eigenvalue weighted by Crippen LogP contribution is -2.33. The van der Waals surface area contributed by atoms with Crippen LogP contribution in [0.4, 0.5) is 5.69 Å². The molecule has 3 rings (SSSR count). The molecule has 1 saturated heterocycles.